The van der Waals surface area contributed by atoms with Crippen molar-refractivity contribution in [3.05, 3.63) is 17.7 Å². The molecule has 1 aliphatic rings. The van der Waals surface area contributed by atoms with E-state index in [1.54, 1.807) is 21.3 Å². The first-order valence-corrected chi connectivity index (χ1v) is 5.56. The molecule has 0 spiro atoms. The van der Waals surface area contributed by atoms with Crippen molar-refractivity contribution in [2.45, 2.75) is 5.92 Å². The maximum absolute atomic E-state index is 5.46. The van der Waals surface area contributed by atoms with Crippen LogP contribution in [0.15, 0.2) is 12.1 Å². The van der Waals surface area contributed by atoms with Crippen molar-refractivity contribution < 1.29 is 14.2 Å². The van der Waals surface area contributed by atoms with Crippen molar-refractivity contribution in [3.63, 3.8) is 0 Å². The molecule has 2 N–H and O–H groups in total. The van der Waals surface area contributed by atoms with E-state index in [1.807, 2.05) is 12.1 Å². The van der Waals surface area contributed by atoms with Crippen LogP contribution in [-0.2, 0) is 0 Å². The SMILES string of the molecule is COc1ccc(C2CNNC2)c(OC)c1OC. The lowest BCUT2D eigenvalue weighted by Crippen LogP contribution is -2.21. The van der Waals surface area contributed by atoms with Gasteiger partial charge in [0.2, 0.25) is 5.75 Å². The standard InChI is InChI=1S/C12H18N2O3/c1-15-10-5-4-9(8-6-13-14-7-8)11(16-2)12(10)17-3/h4-5,8,13-14H,6-7H2,1-3H3. The average Bonchev–Trinajstić information content (AvgIpc) is 2.90. The molecule has 0 saturated carbocycles. The number of hydrazine groups is 1. The van der Waals surface area contributed by atoms with Crippen molar-refractivity contribution in [3.8, 4) is 17.2 Å². The second-order valence-corrected chi connectivity index (χ2v) is 3.88. The van der Waals surface area contributed by atoms with Gasteiger partial charge < -0.3 is 14.2 Å². The normalized spacial score (nSPS) is 15.9. The quantitative estimate of drug-likeness (QED) is 0.816. The first-order valence-electron chi connectivity index (χ1n) is 5.56. The lowest BCUT2D eigenvalue weighted by atomic mass is 9.98. The molecule has 0 aliphatic carbocycles. The molecule has 2 rings (SSSR count). The second-order valence-electron chi connectivity index (χ2n) is 3.88. The van der Waals surface area contributed by atoms with Crippen LogP contribution in [0.5, 0.6) is 17.2 Å². The van der Waals surface area contributed by atoms with Crippen LogP contribution in [0.2, 0.25) is 0 Å². The van der Waals surface area contributed by atoms with Crippen LogP contribution in [0.4, 0.5) is 0 Å². The van der Waals surface area contributed by atoms with Gasteiger partial charge in [-0.15, -0.1) is 0 Å². The van der Waals surface area contributed by atoms with Crippen LogP contribution < -0.4 is 25.1 Å². The van der Waals surface area contributed by atoms with Gasteiger partial charge in [-0.05, 0) is 6.07 Å². The summed E-state index contributed by atoms with van der Waals surface area (Å²) in [6.45, 7) is 1.76. The molecule has 0 bridgehead atoms. The van der Waals surface area contributed by atoms with Crippen LogP contribution in [0, 0.1) is 0 Å². The fraction of sp³-hybridized carbons (Fsp3) is 0.500. The summed E-state index contributed by atoms with van der Waals surface area (Å²) in [5, 5.41) is 0. The predicted molar refractivity (Wildman–Crippen MR) is 64.8 cm³/mol. The molecule has 1 aromatic carbocycles. The lowest BCUT2D eigenvalue weighted by molar-refractivity contribution is 0.321. The van der Waals surface area contributed by atoms with Gasteiger partial charge in [0, 0.05) is 24.6 Å². The summed E-state index contributed by atoms with van der Waals surface area (Å²) >= 11 is 0. The highest BCUT2D eigenvalue weighted by Crippen LogP contribution is 2.42. The zero-order valence-electron chi connectivity index (χ0n) is 10.4. The summed E-state index contributed by atoms with van der Waals surface area (Å²) in [7, 11) is 4.89. The Morgan fingerprint density at radius 2 is 1.59 bits per heavy atom. The molecule has 1 saturated heterocycles. The molecule has 5 nitrogen and oxygen atoms in total. The highest BCUT2D eigenvalue weighted by atomic mass is 16.5. The Bertz CT molecular complexity index is 390. The van der Waals surface area contributed by atoms with E-state index in [9.17, 15) is 0 Å². The van der Waals surface area contributed by atoms with Crippen molar-refractivity contribution >= 4 is 0 Å². The van der Waals surface area contributed by atoms with Crippen LogP contribution in [0.3, 0.4) is 0 Å². The van der Waals surface area contributed by atoms with E-state index in [0.717, 1.165) is 24.4 Å². The van der Waals surface area contributed by atoms with E-state index in [0.29, 0.717) is 17.4 Å². The summed E-state index contributed by atoms with van der Waals surface area (Å²) < 4.78 is 16.1. The smallest absolute Gasteiger partial charge is 0.203 e. The first kappa shape index (κ1) is 12.0. The van der Waals surface area contributed by atoms with Gasteiger partial charge in [-0.1, -0.05) is 6.07 Å². The maximum Gasteiger partial charge on any atom is 0.203 e. The minimum atomic E-state index is 0.379. The summed E-state index contributed by atoms with van der Waals surface area (Å²) in [6, 6.07) is 3.94. The second kappa shape index (κ2) is 5.25. The van der Waals surface area contributed by atoms with Gasteiger partial charge in [-0.2, -0.15) is 0 Å². The number of rotatable bonds is 4. The topological polar surface area (TPSA) is 51.8 Å². The number of nitrogens with one attached hydrogen (secondary N) is 2. The summed E-state index contributed by atoms with van der Waals surface area (Å²) in [5.41, 5.74) is 7.35. The lowest BCUT2D eigenvalue weighted by Gasteiger charge is -2.18. The number of hydrogen-bond donors (Lipinski definition) is 2. The Morgan fingerprint density at radius 3 is 2.12 bits per heavy atom. The molecule has 1 aliphatic heterocycles. The van der Waals surface area contributed by atoms with Crippen LogP contribution in [0.25, 0.3) is 0 Å². The summed E-state index contributed by atoms with van der Waals surface area (Å²) in [4.78, 5) is 0. The molecule has 1 aromatic rings. The predicted octanol–water partition coefficient (Wildman–Crippen LogP) is 0.904. The third-order valence-electron chi connectivity index (χ3n) is 3.00. The van der Waals surface area contributed by atoms with Crippen LogP contribution in [0.1, 0.15) is 11.5 Å². The number of ether oxygens (including phenoxy) is 3. The average molecular weight is 238 g/mol. The Morgan fingerprint density at radius 1 is 0.941 bits per heavy atom. The van der Waals surface area contributed by atoms with Crippen molar-refractivity contribution in [2.75, 3.05) is 34.4 Å². The molecular weight excluding hydrogens is 220 g/mol. The van der Waals surface area contributed by atoms with Crippen molar-refractivity contribution in [1.29, 1.82) is 0 Å². The van der Waals surface area contributed by atoms with Gasteiger partial charge >= 0.3 is 0 Å². The Kier molecular flexibility index (Phi) is 3.71. The van der Waals surface area contributed by atoms with Gasteiger partial charge in [-0.3, -0.25) is 10.9 Å². The molecule has 0 unspecified atom stereocenters. The summed E-state index contributed by atoms with van der Waals surface area (Å²) in [6.07, 6.45) is 0. The van der Waals surface area contributed by atoms with E-state index in [1.165, 1.54) is 0 Å². The minimum Gasteiger partial charge on any atom is -0.493 e. The summed E-state index contributed by atoms with van der Waals surface area (Å²) in [5.74, 6) is 2.47. The third-order valence-corrected chi connectivity index (χ3v) is 3.00. The molecular formula is C12H18N2O3. The third kappa shape index (κ3) is 2.16. The van der Waals surface area contributed by atoms with Crippen molar-refractivity contribution in [2.24, 2.45) is 0 Å². The zero-order chi connectivity index (χ0) is 12.3. The van der Waals surface area contributed by atoms with E-state index in [-0.39, 0.29) is 0 Å². The van der Waals surface area contributed by atoms with Gasteiger partial charge in [-0.25, -0.2) is 0 Å². The van der Waals surface area contributed by atoms with E-state index < -0.39 is 0 Å². The molecule has 0 amide bonds. The van der Waals surface area contributed by atoms with Gasteiger partial charge in [0.1, 0.15) is 0 Å². The highest BCUT2D eigenvalue weighted by molar-refractivity contribution is 5.57. The number of hydrogen-bond acceptors (Lipinski definition) is 5. The van der Waals surface area contributed by atoms with Gasteiger partial charge in [0.25, 0.3) is 0 Å². The fourth-order valence-corrected chi connectivity index (χ4v) is 2.13. The molecule has 5 heteroatoms. The molecule has 1 heterocycles. The number of benzene rings is 1. The molecule has 0 aromatic heterocycles. The van der Waals surface area contributed by atoms with E-state index >= 15 is 0 Å². The fourth-order valence-electron chi connectivity index (χ4n) is 2.13. The molecule has 0 radical (unpaired) electrons. The van der Waals surface area contributed by atoms with Gasteiger partial charge in [0.05, 0.1) is 21.3 Å². The van der Waals surface area contributed by atoms with E-state index in [4.69, 9.17) is 14.2 Å². The Balaban J connectivity index is 2.44. The number of methoxy groups -OCH3 is 3. The van der Waals surface area contributed by atoms with Crippen LogP contribution in [-0.4, -0.2) is 34.4 Å². The largest absolute Gasteiger partial charge is 0.493 e. The minimum absolute atomic E-state index is 0.379. The zero-order valence-corrected chi connectivity index (χ0v) is 10.4. The first-order chi connectivity index (χ1) is 8.31. The molecule has 1 fully saturated rings. The van der Waals surface area contributed by atoms with Crippen molar-refractivity contribution in [1.82, 2.24) is 10.9 Å². The monoisotopic (exact) mass is 238 g/mol. The van der Waals surface area contributed by atoms with Crippen LogP contribution >= 0.6 is 0 Å². The maximum atomic E-state index is 5.46. The molecule has 0 atom stereocenters. The molecule has 17 heavy (non-hydrogen) atoms. The Hall–Kier alpha value is -1.46. The highest BCUT2D eigenvalue weighted by Gasteiger charge is 2.24. The van der Waals surface area contributed by atoms with Gasteiger partial charge in [0.15, 0.2) is 11.5 Å². The van der Waals surface area contributed by atoms with E-state index in [2.05, 4.69) is 10.9 Å². The Labute approximate surface area is 101 Å². The molecule has 94 valence electrons.